The first-order chi connectivity index (χ1) is 10.0. The molecule has 0 radical (unpaired) electrons. The summed E-state index contributed by atoms with van der Waals surface area (Å²) in [6, 6.07) is 6.61. The molecule has 0 unspecified atom stereocenters. The van der Waals surface area contributed by atoms with Crippen LogP contribution in [0.2, 0.25) is 0 Å². The number of hydrogen-bond donors (Lipinski definition) is 2. The molecular weight excluding hydrogens is 268 g/mol. The topological polar surface area (TPSA) is 69.6 Å². The van der Waals surface area contributed by atoms with Crippen LogP contribution in [0.25, 0.3) is 0 Å². The summed E-state index contributed by atoms with van der Waals surface area (Å²) < 4.78 is 0. The Morgan fingerprint density at radius 2 is 2.00 bits per heavy atom. The number of aliphatic hydroxyl groups excluding tert-OH is 1. The Morgan fingerprint density at radius 3 is 2.62 bits per heavy atom. The summed E-state index contributed by atoms with van der Waals surface area (Å²) in [4.78, 5) is 25.6. The van der Waals surface area contributed by atoms with Crippen molar-refractivity contribution in [2.45, 2.75) is 12.5 Å². The molecule has 0 aliphatic heterocycles. The van der Waals surface area contributed by atoms with E-state index in [2.05, 4.69) is 5.32 Å². The molecule has 2 rings (SSSR count). The third kappa shape index (κ3) is 3.70. The quantitative estimate of drug-likeness (QED) is 0.814. The maximum atomic E-state index is 12.2. The van der Waals surface area contributed by atoms with Gasteiger partial charge in [-0.25, -0.2) is 0 Å². The Hall–Kier alpha value is -2.14. The maximum absolute atomic E-state index is 12.2. The molecule has 1 aliphatic rings. The van der Waals surface area contributed by atoms with Gasteiger partial charge in [-0.2, -0.15) is 0 Å². The number of carbonyl (C=O) groups is 2. The molecule has 0 spiro atoms. The first-order valence-corrected chi connectivity index (χ1v) is 6.93. The molecule has 1 aromatic rings. The van der Waals surface area contributed by atoms with Gasteiger partial charge < -0.3 is 15.3 Å². The van der Waals surface area contributed by atoms with E-state index < -0.39 is 0 Å². The minimum atomic E-state index is -0.211. The van der Waals surface area contributed by atoms with Crippen LogP contribution < -0.4 is 5.32 Å². The maximum Gasteiger partial charge on any atom is 0.253 e. The fourth-order valence-electron chi connectivity index (χ4n) is 2.32. The summed E-state index contributed by atoms with van der Waals surface area (Å²) in [5, 5.41) is 12.0. The van der Waals surface area contributed by atoms with Crippen molar-refractivity contribution in [3.63, 3.8) is 0 Å². The Bertz CT molecular complexity index is 566. The van der Waals surface area contributed by atoms with Crippen molar-refractivity contribution in [2.75, 3.05) is 20.7 Å². The van der Waals surface area contributed by atoms with Crippen LogP contribution in [0.4, 0.5) is 0 Å². The van der Waals surface area contributed by atoms with Gasteiger partial charge in [-0.1, -0.05) is 18.2 Å². The third-order valence-corrected chi connectivity index (χ3v) is 3.50. The number of benzene rings is 1. The molecule has 1 aromatic carbocycles. The molecule has 0 bridgehead atoms. The predicted molar refractivity (Wildman–Crippen MR) is 80.0 cm³/mol. The van der Waals surface area contributed by atoms with Crippen LogP contribution in [0.3, 0.4) is 0 Å². The lowest BCUT2D eigenvalue weighted by atomic mass is 10.1. The van der Waals surface area contributed by atoms with Gasteiger partial charge in [0.25, 0.3) is 11.8 Å². The molecule has 0 aromatic heterocycles. The summed E-state index contributed by atoms with van der Waals surface area (Å²) in [7, 11) is 3.35. The van der Waals surface area contributed by atoms with Crippen LogP contribution in [-0.2, 0) is 0 Å². The molecule has 21 heavy (non-hydrogen) atoms. The summed E-state index contributed by atoms with van der Waals surface area (Å²) in [6.45, 7) is 0.0929. The van der Waals surface area contributed by atoms with Crippen molar-refractivity contribution < 1.29 is 14.7 Å². The van der Waals surface area contributed by atoms with Gasteiger partial charge in [0.1, 0.15) is 0 Å². The van der Waals surface area contributed by atoms with Crippen LogP contribution in [0.5, 0.6) is 0 Å². The van der Waals surface area contributed by atoms with Gasteiger partial charge in [0.15, 0.2) is 0 Å². The van der Waals surface area contributed by atoms with E-state index in [-0.39, 0.29) is 30.4 Å². The van der Waals surface area contributed by atoms with Gasteiger partial charge in [0, 0.05) is 43.8 Å². The zero-order valence-electron chi connectivity index (χ0n) is 12.2. The van der Waals surface area contributed by atoms with Crippen LogP contribution in [-0.4, -0.2) is 48.6 Å². The van der Waals surface area contributed by atoms with Crippen LogP contribution >= 0.6 is 0 Å². The Kier molecular flexibility index (Phi) is 4.75. The lowest BCUT2D eigenvalue weighted by Crippen LogP contribution is -2.33. The number of nitrogens with one attached hydrogen (secondary N) is 1. The molecule has 112 valence electrons. The summed E-state index contributed by atoms with van der Waals surface area (Å²) in [6.07, 6.45) is 4.52. The van der Waals surface area contributed by atoms with Gasteiger partial charge in [0.2, 0.25) is 0 Å². The minimum Gasteiger partial charge on any atom is -0.396 e. The molecule has 2 atom stereocenters. The smallest absolute Gasteiger partial charge is 0.253 e. The largest absolute Gasteiger partial charge is 0.396 e. The normalized spacial score (nSPS) is 20.3. The van der Waals surface area contributed by atoms with Gasteiger partial charge in [0.05, 0.1) is 0 Å². The van der Waals surface area contributed by atoms with Crippen molar-refractivity contribution in [1.82, 2.24) is 10.2 Å². The van der Waals surface area contributed by atoms with Crippen LogP contribution in [0, 0.1) is 5.92 Å². The van der Waals surface area contributed by atoms with Crippen molar-refractivity contribution >= 4 is 11.8 Å². The SMILES string of the molecule is CN(C)C(=O)c1cccc(C(=O)N[C@@H]2C=C[C@H](CO)C2)c1. The van der Waals surface area contributed by atoms with E-state index in [9.17, 15) is 9.59 Å². The summed E-state index contributed by atoms with van der Waals surface area (Å²) >= 11 is 0. The number of hydrogen-bond acceptors (Lipinski definition) is 3. The molecule has 0 saturated heterocycles. The first kappa shape index (κ1) is 15.3. The molecule has 2 N–H and O–H groups in total. The van der Waals surface area contributed by atoms with E-state index in [0.717, 1.165) is 0 Å². The molecule has 5 nitrogen and oxygen atoms in total. The molecule has 0 fully saturated rings. The number of amides is 2. The van der Waals surface area contributed by atoms with E-state index in [1.807, 2.05) is 12.2 Å². The van der Waals surface area contributed by atoms with Crippen LogP contribution in [0.1, 0.15) is 27.1 Å². The molecule has 5 heteroatoms. The lowest BCUT2D eigenvalue weighted by molar-refractivity contribution is 0.0827. The molecule has 0 heterocycles. The molecular formula is C16H20N2O3. The van der Waals surface area contributed by atoms with E-state index in [4.69, 9.17) is 5.11 Å². The third-order valence-electron chi connectivity index (χ3n) is 3.50. The highest BCUT2D eigenvalue weighted by molar-refractivity contribution is 5.99. The first-order valence-electron chi connectivity index (χ1n) is 6.93. The second-order valence-corrected chi connectivity index (χ2v) is 5.42. The Morgan fingerprint density at radius 1 is 1.29 bits per heavy atom. The second kappa shape index (κ2) is 6.54. The lowest BCUT2D eigenvalue weighted by Gasteiger charge is -2.14. The van der Waals surface area contributed by atoms with E-state index in [0.29, 0.717) is 17.5 Å². The highest BCUT2D eigenvalue weighted by atomic mass is 16.3. The number of aliphatic hydroxyl groups is 1. The highest BCUT2D eigenvalue weighted by Gasteiger charge is 2.20. The van der Waals surface area contributed by atoms with Crippen LogP contribution in [0.15, 0.2) is 36.4 Å². The van der Waals surface area contributed by atoms with Crippen molar-refractivity contribution in [2.24, 2.45) is 5.92 Å². The number of carbonyl (C=O) groups excluding carboxylic acids is 2. The molecule has 2 amide bonds. The monoisotopic (exact) mass is 288 g/mol. The fraction of sp³-hybridized carbons (Fsp3) is 0.375. The van der Waals surface area contributed by atoms with E-state index >= 15 is 0 Å². The second-order valence-electron chi connectivity index (χ2n) is 5.42. The summed E-state index contributed by atoms with van der Waals surface area (Å²) in [5.74, 6) is -0.237. The van der Waals surface area contributed by atoms with Gasteiger partial charge in [-0.05, 0) is 24.6 Å². The Balaban J connectivity index is 2.05. The summed E-state index contributed by atoms with van der Waals surface area (Å²) in [5.41, 5.74) is 0.950. The zero-order valence-corrected chi connectivity index (χ0v) is 12.2. The van der Waals surface area contributed by atoms with E-state index in [1.165, 1.54) is 4.90 Å². The molecule has 1 aliphatic carbocycles. The zero-order chi connectivity index (χ0) is 15.4. The van der Waals surface area contributed by atoms with Gasteiger partial charge >= 0.3 is 0 Å². The number of rotatable bonds is 4. The van der Waals surface area contributed by atoms with E-state index in [1.54, 1.807) is 38.4 Å². The van der Waals surface area contributed by atoms with Crippen molar-refractivity contribution in [3.05, 3.63) is 47.5 Å². The van der Waals surface area contributed by atoms with Crippen molar-refractivity contribution in [1.29, 1.82) is 0 Å². The van der Waals surface area contributed by atoms with Gasteiger partial charge in [-0.3, -0.25) is 9.59 Å². The standard InChI is InChI=1S/C16H20N2O3/c1-18(2)16(21)13-5-3-4-12(9-13)15(20)17-14-7-6-11(8-14)10-19/h3-7,9,11,14,19H,8,10H2,1-2H3,(H,17,20)/t11-,14+/m0/s1. The Labute approximate surface area is 124 Å². The number of nitrogens with zero attached hydrogens (tertiary/aromatic N) is 1. The fourth-order valence-corrected chi connectivity index (χ4v) is 2.32. The molecule has 0 saturated carbocycles. The average molecular weight is 288 g/mol. The predicted octanol–water partition coefficient (Wildman–Crippen LogP) is 1.06. The highest BCUT2D eigenvalue weighted by Crippen LogP contribution is 2.17. The average Bonchev–Trinajstić information content (AvgIpc) is 2.94. The van der Waals surface area contributed by atoms with Gasteiger partial charge in [-0.15, -0.1) is 0 Å². The van der Waals surface area contributed by atoms with Crippen molar-refractivity contribution in [3.8, 4) is 0 Å². The minimum absolute atomic E-state index is 0.0668.